The molecule has 0 nitrogen and oxygen atoms in total. The van der Waals surface area contributed by atoms with Gasteiger partial charge < -0.3 is 0 Å². The van der Waals surface area contributed by atoms with E-state index >= 15 is 0 Å². The van der Waals surface area contributed by atoms with Crippen LogP contribution in [-0.2, 0) is 0 Å². The summed E-state index contributed by atoms with van der Waals surface area (Å²) in [6, 6.07) is 3.12. The summed E-state index contributed by atoms with van der Waals surface area (Å²) in [5.74, 6) is -5.01. The zero-order valence-electron chi connectivity index (χ0n) is 9.21. The van der Waals surface area contributed by atoms with E-state index in [0.29, 0.717) is 0 Å². The number of alkyl halides is 1. The van der Waals surface area contributed by atoms with Gasteiger partial charge in [0.1, 0.15) is 6.67 Å². The molecule has 98 valence electrons. The summed E-state index contributed by atoms with van der Waals surface area (Å²) in [4.78, 5) is 0. The van der Waals surface area contributed by atoms with Gasteiger partial charge in [-0.15, -0.1) is 0 Å². The van der Waals surface area contributed by atoms with Crippen LogP contribution >= 0.6 is 0 Å². The first-order valence-electron chi connectivity index (χ1n) is 4.81. The Hall–Kier alpha value is -1.72. The number of allylic oxidation sites excluding steroid dienone is 1. The van der Waals surface area contributed by atoms with Gasteiger partial charge in [-0.3, -0.25) is 0 Å². The van der Waals surface area contributed by atoms with Gasteiger partial charge in [-0.25, -0.2) is 17.6 Å². The first kappa shape index (κ1) is 14.3. The quantitative estimate of drug-likeness (QED) is 0.667. The van der Waals surface area contributed by atoms with Crippen molar-refractivity contribution in [2.45, 2.75) is 6.92 Å². The minimum absolute atomic E-state index is 0.232. The van der Waals surface area contributed by atoms with Crippen molar-refractivity contribution in [3.05, 3.63) is 46.8 Å². The molecule has 1 aromatic rings. The van der Waals surface area contributed by atoms with Gasteiger partial charge in [0.05, 0.1) is 0 Å². The summed E-state index contributed by atoms with van der Waals surface area (Å²) in [5, 5.41) is 0. The van der Waals surface area contributed by atoms with Crippen LogP contribution in [0.4, 0.5) is 26.3 Å². The maximum absolute atomic E-state index is 13.4. The molecular formula is C12H8F6. The second-order valence-corrected chi connectivity index (χ2v) is 3.41. The van der Waals surface area contributed by atoms with Crippen LogP contribution in [0, 0.1) is 6.92 Å². The van der Waals surface area contributed by atoms with E-state index in [1.54, 1.807) is 0 Å². The molecule has 0 radical (unpaired) electrons. The molecule has 1 aromatic carbocycles. The summed E-state index contributed by atoms with van der Waals surface area (Å²) < 4.78 is 75.4. The minimum atomic E-state index is -2.56. The molecule has 1 rings (SSSR count). The van der Waals surface area contributed by atoms with Crippen LogP contribution in [0.5, 0.6) is 0 Å². The van der Waals surface area contributed by atoms with Crippen molar-refractivity contribution < 1.29 is 26.3 Å². The van der Waals surface area contributed by atoms with E-state index in [2.05, 4.69) is 0 Å². The molecule has 0 spiro atoms. The van der Waals surface area contributed by atoms with Crippen molar-refractivity contribution in [2.24, 2.45) is 0 Å². The van der Waals surface area contributed by atoms with E-state index in [0.717, 1.165) is 25.1 Å². The standard InChI is InChI=1S/C12H8F6/c1-6-7(10(15)9(14)5-13)3-2-4-8(6)11(16)12(17)18/h2-4H,5H2,1H3/b10-9+. The second kappa shape index (κ2) is 5.75. The fourth-order valence-electron chi connectivity index (χ4n) is 1.42. The molecule has 0 atom stereocenters. The van der Waals surface area contributed by atoms with Crippen LogP contribution in [0.15, 0.2) is 30.1 Å². The maximum atomic E-state index is 13.4. The number of rotatable bonds is 3. The zero-order valence-corrected chi connectivity index (χ0v) is 9.21. The average Bonchev–Trinajstić information content (AvgIpc) is 2.36. The molecule has 0 aliphatic rings. The van der Waals surface area contributed by atoms with Gasteiger partial charge in [0.15, 0.2) is 17.5 Å². The number of halogens is 6. The van der Waals surface area contributed by atoms with Crippen molar-refractivity contribution in [1.29, 1.82) is 0 Å². The first-order chi connectivity index (χ1) is 8.40. The average molecular weight is 266 g/mol. The van der Waals surface area contributed by atoms with E-state index in [1.807, 2.05) is 0 Å². The molecule has 6 heteroatoms. The molecule has 18 heavy (non-hydrogen) atoms. The highest BCUT2D eigenvalue weighted by Crippen LogP contribution is 2.31. The number of hydrogen-bond donors (Lipinski definition) is 0. The molecule has 0 saturated carbocycles. The molecule has 0 aliphatic heterocycles. The fraction of sp³-hybridized carbons (Fsp3) is 0.167. The van der Waals surface area contributed by atoms with Crippen molar-refractivity contribution in [2.75, 3.05) is 6.67 Å². The lowest BCUT2D eigenvalue weighted by atomic mass is 10.0. The van der Waals surface area contributed by atoms with Gasteiger partial charge in [0, 0.05) is 11.1 Å². The summed E-state index contributed by atoms with van der Waals surface area (Å²) in [6.45, 7) is -0.524. The van der Waals surface area contributed by atoms with Crippen LogP contribution < -0.4 is 0 Å². The van der Waals surface area contributed by atoms with Crippen LogP contribution in [-0.4, -0.2) is 6.67 Å². The Bertz CT molecular complexity index is 511. The van der Waals surface area contributed by atoms with Crippen molar-refractivity contribution in [3.8, 4) is 0 Å². The van der Waals surface area contributed by atoms with E-state index in [1.165, 1.54) is 0 Å². The number of benzene rings is 1. The SMILES string of the molecule is Cc1c(C(F)=C(F)F)cccc1/C(F)=C(\F)CF. The Morgan fingerprint density at radius 3 is 1.89 bits per heavy atom. The van der Waals surface area contributed by atoms with Gasteiger partial charge in [0.2, 0.25) is 0 Å². The van der Waals surface area contributed by atoms with Gasteiger partial charge >= 0.3 is 6.08 Å². The van der Waals surface area contributed by atoms with E-state index in [9.17, 15) is 26.3 Å². The zero-order chi connectivity index (χ0) is 13.9. The third-order valence-electron chi connectivity index (χ3n) is 2.33. The smallest absolute Gasteiger partial charge is 0.243 e. The predicted molar refractivity (Wildman–Crippen MR) is 56.5 cm³/mol. The second-order valence-electron chi connectivity index (χ2n) is 3.41. The Balaban J connectivity index is 3.45. The van der Waals surface area contributed by atoms with Gasteiger partial charge in [-0.1, -0.05) is 18.2 Å². The highest BCUT2D eigenvalue weighted by Gasteiger charge is 2.17. The predicted octanol–water partition coefficient (Wildman–Crippen LogP) is 5.11. The van der Waals surface area contributed by atoms with Crippen LogP contribution in [0.25, 0.3) is 11.7 Å². The largest absolute Gasteiger partial charge is 0.306 e. The molecule has 0 bridgehead atoms. The molecule has 0 aromatic heterocycles. The summed E-state index contributed by atoms with van der Waals surface area (Å²) >= 11 is 0. The van der Waals surface area contributed by atoms with Crippen molar-refractivity contribution in [1.82, 2.24) is 0 Å². The Labute approximate surface area is 99.2 Å². The normalized spacial score (nSPS) is 12.2. The van der Waals surface area contributed by atoms with E-state index < -0.39 is 41.4 Å². The van der Waals surface area contributed by atoms with E-state index in [-0.39, 0.29) is 5.56 Å². The monoisotopic (exact) mass is 266 g/mol. The molecule has 0 saturated heterocycles. The molecule has 0 aliphatic carbocycles. The molecular weight excluding hydrogens is 258 g/mol. The van der Waals surface area contributed by atoms with Gasteiger partial charge in [-0.2, -0.15) is 8.78 Å². The van der Waals surface area contributed by atoms with E-state index in [4.69, 9.17) is 0 Å². The molecule has 0 fully saturated rings. The Kier molecular flexibility index (Phi) is 4.58. The first-order valence-corrected chi connectivity index (χ1v) is 4.81. The minimum Gasteiger partial charge on any atom is -0.243 e. The third kappa shape index (κ3) is 2.75. The highest BCUT2D eigenvalue weighted by molar-refractivity contribution is 5.72. The van der Waals surface area contributed by atoms with Crippen LogP contribution in [0.1, 0.15) is 16.7 Å². The molecule has 0 unspecified atom stereocenters. The summed E-state index contributed by atoms with van der Waals surface area (Å²) in [6.07, 6.45) is -2.56. The maximum Gasteiger partial charge on any atom is 0.306 e. The highest BCUT2D eigenvalue weighted by atomic mass is 19.3. The lowest BCUT2D eigenvalue weighted by molar-refractivity contribution is 0.410. The Morgan fingerprint density at radius 1 is 0.944 bits per heavy atom. The van der Waals surface area contributed by atoms with Crippen LogP contribution in [0.3, 0.4) is 0 Å². The lowest BCUT2D eigenvalue weighted by Gasteiger charge is -2.08. The molecule has 0 heterocycles. The van der Waals surface area contributed by atoms with Gasteiger partial charge in [-0.05, 0) is 12.5 Å². The van der Waals surface area contributed by atoms with Crippen molar-refractivity contribution >= 4 is 11.7 Å². The number of hydrogen-bond acceptors (Lipinski definition) is 0. The van der Waals surface area contributed by atoms with Gasteiger partial charge in [0.25, 0.3) is 0 Å². The lowest BCUT2D eigenvalue weighted by Crippen LogP contribution is -1.94. The molecule has 0 amide bonds. The summed E-state index contributed by atoms with van der Waals surface area (Å²) in [7, 11) is 0. The van der Waals surface area contributed by atoms with Crippen LogP contribution in [0.2, 0.25) is 0 Å². The Morgan fingerprint density at radius 2 is 1.44 bits per heavy atom. The third-order valence-corrected chi connectivity index (χ3v) is 2.33. The fourth-order valence-corrected chi connectivity index (χ4v) is 1.42. The summed E-state index contributed by atoms with van der Waals surface area (Å²) in [5.41, 5.74) is -1.25. The van der Waals surface area contributed by atoms with Crippen molar-refractivity contribution in [3.63, 3.8) is 0 Å². The molecule has 0 N–H and O–H groups in total. The topological polar surface area (TPSA) is 0 Å².